The van der Waals surface area contributed by atoms with Crippen molar-refractivity contribution in [1.82, 2.24) is 9.80 Å². The van der Waals surface area contributed by atoms with E-state index < -0.39 is 0 Å². The van der Waals surface area contributed by atoms with Gasteiger partial charge >= 0.3 is 0 Å². The summed E-state index contributed by atoms with van der Waals surface area (Å²) in [6.45, 7) is 6.23. The average molecular weight is 168 g/mol. The Balaban J connectivity index is 2.01. The van der Waals surface area contributed by atoms with E-state index in [-0.39, 0.29) is 0 Å². The predicted molar refractivity (Wildman–Crippen MR) is 51.0 cm³/mol. The number of fused-ring (bicyclic) bond motifs is 1. The molecule has 12 heavy (non-hydrogen) atoms. The zero-order valence-electron chi connectivity index (χ0n) is 8.29. The van der Waals surface area contributed by atoms with Gasteiger partial charge in [0.1, 0.15) is 0 Å². The fraction of sp³-hybridized carbons (Fsp3) is 1.00. The molecule has 0 aromatic heterocycles. The molecule has 0 N–H and O–H groups in total. The van der Waals surface area contributed by atoms with E-state index in [4.69, 9.17) is 0 Å². The Bertz CT molecular complexity index is 158. The third-order valence-corrected chi connectivity index (χ3v) is 3.34. The summed E-state index contributed by atoms with van der Waals surface area (Å²) in [6.07, 6.45) is 4.31. The second-order valence-corrected chi connectivity index (χ2v) is 4.53. The molecule has 2 aliphatic rings. The molecule has 0 amide bonds. The highest BCUT2D eigenvalue weighted by atomic mass is 15.3. The predicted octanol–water partition coefficient (Wildman–Crippen LogP) is 1.38. The second-order valence-electron chi connectivity index (χ2n) is 4.53. The van der Waals surface area contributed by atoms with Crippen molar-refractivity contribution >= 4 is 0 Å². The molecule has 0 aliphatic carbocycles. The molecule has 2 atom stereocenters. The zero-order chi connectivity index (χ0) is 8.55. The van der Waals surface area contributed by atoms with Gasteiger partial charge in [-0.1, -0.05) is 13.3 Å². The molecule has 2 saturated heterocycles. The van der Waals surface area contributed by atoms with E-state index >= 15 is 0 Å². The number of rotatable bonds is 0. The summed E-state index contributed by atoms with van der Waals surface area (Å²) in [5.41, 5.74) is 0. The number of nitrogens with zero attached hydrogens (tertiary/aromatic N) is 2. The molecule has 2 aliphatic heterocycles. The van der Waals surface area contributed by atoms with Gasteiger partial charge in [0.15, 0.2) is 0 Å². The Hall–Kier alpha value is -0.0800. The molecule has 0 spiro atoms. The summed E-state index contributed by atoms with van der Waals surface area (Å²) in [5, 5.41) is 0. The van der Waals surface area contributed by atoms with Crippen LogP contribution in [0.25, 0.3) is 0 Å². The van der Waals surface area contributed by atoms with Gasteiger partial charge < -0.3 is 0 Å². The van der Waals surface area contributed by atoms with Crippen molar-refractivity contribution in [3.8, 4) is 0 Å². The first-order valence-corrected chi connectivity index (χ1v) is 5.20. The second kappa shape index (κ2) is 3.35. The lowest BCUT2D eigenvalue weighted by Gasteiger charge is -2.46. The topological polar surface area (TPSA) is 6.48 Å². The molecule has 2 heteroatoms. The number of piperidine rings is 1. The van der Waals surface area contributed by atoms with Gasteiger partial charge in [0.2, 0.25) is 0 Å². The van der Waals surface area contributed by atoms with Crippen molar-refractivity contribution in [2.45, 2.75) is 32.2 Å². The SMILES string of the molecule is C[C@@H]1CN(C)CN2CCCC[C@H]12. The standard InChI is InChI=1S/C10H20N2/c1-9-7-11(2)8-12-6-4-3-5-10(9)12/h9-10H,3-8H2,1-2H3/t9-,10-/m1/s1. The fourth-order valence-electron chi connectivity index (χ4n) is 2.82. The average Bonchev–Trinajstić information content (AvgIpc) is 2.04. The third kappa shape index (κ3) is 1.50. The highest BCUT2D eigenvalue weighted by Gasteiger charge is 2.32. The zero-order valence-corrected chi connectivity index (χ0v) is 8.29. The minimum atomic E-state index is 0.879. The van der Waals surface area contributed by atoms with E-state index in [1.165, 1.54) is 39.0 Å². The summed E-state index contributed by atoms with van der Waals surface area (Å²) in [7, 11) is 2.24. The van der Waals surface area contributed by atoms with Crippen molar-refractivity contribution in [1.29, 1.82) is 0 Å². The first-order chi connectivity index (χ1) is 5.77. The summed E-state index contributed by atoms with van der Waals surface area (Å²) in [5.74, 6) is 0.879. The summed E-state index contributed by atoms with van der Waals surface area (Å²) >= 11 is 0. The normalized spacial score (nSPS) is 39.5. The maximum absolute atomic E-state index is 2.66. The Morgan fingerprint density at radius 3 is 2.92 bits per heavy atom. The van der Waals surface area contributed by atoms with Crippen LogP contribution in [-0.4, -0.2) is 42.6 Å². The molecule has 2 rings (SSSR count). The van der Waals surface area contributed by atoms with Crippen molar-refractivity contribution < 1.29 is 0 Å². The lowest BCUT2D eigenvalue weighted by molar-refractivity contribution is -0.00450. The molecular formula is C10H20N2. The molecule has 2 heterocycles. The van der Waals surface area contributed by atoms with Gasteiger partial charge in [0, 0.05) is 12.6 Å². The van der Waals surface area contributed by atoms with Crippen molar-refractivity contribution in [2.24, 2.45) is 5.92 Å². The molecule has 2 fully saturated rings. The van der Waals surface area contributed by atoms with Crippen LogP contribution in [0.2, 0.25) is 0 Å². The van der Waals surface area contributed by atoms with Gasteiger partial charge in [0.05, 0.1) is 6.67 Å². The van der Waals surface area contributed by atoms with Crippen LogP contribution < -0.4 is 0 Å². The molecule has 0 saturated carbocycles. The van der Waals surface area contributed by atoms with Gasteiger partial charge in [-0.3, -0.25) is 9.80 Å². The quantitative estimate of drug-likeness (QED) is 0.539. The van der Waals surface area contributed by atoms with E-state index in [0.29, 0.717) is 0 Å². The van der Waals surface area contributed by atoms with Crippen molar-refractivity contribution in [3.05, 3.63) is 0 Å². The van der Waals surface area contributed by atoms with E-state index in [1.807, 2.05) is 0 Å². The highest BCUT2D eigenvalue weighted by Crippen LogP contribution is 2.26. The van der Waals surface area contributed by atoms with Gasteiger partial charge in [0.25, 0.3) is 0 Å². The lowest BCUT2D eigenvalue weighted by atomic mass is 9.90. The van der Waals surface area contributed by atoms with Gasteiger partial charge in [-0.2, -0.15) is 0 Å². The number of hydrogen-bond acceptors (Lipinski definition) is 2. The maximum Gasteiger partial charge on any atom is 0.0506 e. The van der Waals surface area contributed by atoms with Crippen LogP contribution in [0.4, 0.5) is 0 Å². The fourth-order valence-corrected chi connectivity index (χ4v) is 2.82. The van der Waals surface area contributed by atoms with Crippen LogP contribution in [-0.2, 0) is 0 Å². The molecule has 0 aromatic carbocycles. The van der Waals surface area contributed by atoms with Crippen LogP contribution in [0.5, 0.6) is 0 Å². The van der Waals surface area contributed by atoms with Gasteiger partial charge in [-0.05, 0) is 32.4 Å². The van der Waals surface area contributed by atoms with Crippen molar-refractivity contribution in [3.63, 3.8) is 0 Å². The highest BCUT2D eigenvalue weighted by molar-refractivity contribution is 4.85. The van der Waals surface area contributed by atoms with Crippen LogP contribution >= 0.6 is 0 Å². The summed E-state index contributed by atoms with van der Waals surface area (Å²) in [4.78, 5) is 5.12. The van der Waals surface area contributed by atoms with E-state index in [2.05, 4.69) is 23.8 Å². The molecular weight excluding hydrogens is 148 g/mol. The Morgan fingerprint density at radius 2 is 2.08 bits per heavy atom. The molecule has 70 valence electrons. The van der Waals surface area contributed by atoms with Crippen LogP contribution in [0.1, 0.15) is 26.2 Å². The summed E-state index contributed by atoms with van der Waals surface area (Å²) < 4.78 is 0. The Kier molecular flexibility index (Phi) is 2.37. The van der Waals surface area contributed by atoms with E-state index in [0.717, 1.165) is 12.0 Å². The van der Waals surface area contributed by atoms with Crippen LogP contribution in [0.3, 0.4) is 0 Å². The monoisotopic (exact) mass is 168 g/mol. The maximum atomic E-state index is 2.66. The van der Waals surface area contributed by atoms with Crippen molar-refractivity contribution in [2.75, 3.05) is 26.8 Å². The molecule has 0 radical (unpaired) electrons. The van der Waals surface area contributed by atoms with E-state index in [9.17, 15) is 0 Å². The largest absolute Gasteiger partial charge is 0.293 e. The molecule has 0 aromatic rings. The smallest absolute Gasteiger partial charge is 0.0506 e. The summed E-state index contributed by atoms with van der Waals surface area (Å²) in [6, 6.07) is 0.898. The molecule has 0 unspecified atom stereocenters. The minimum Gasteiger partial charge on any atom is -0.293 e. The first-order valence-electron chi connectivity index (χ1n) is 5.20. The van der Waals surface area contributed by atoms with Crippen LogP contribution in [0, 0.1) is 5.92 Å². The van der Waals surface area contributed by atoms with Crippen LogP contribution in [0.15, 0.2) is 0 Å². The first kappa shape index (κ1) is 8.52. The van der Waals surface area contributed by atoms with E-state index in [1.54, 1.807) is 0 Å². The minimum absolute atomic E-state index is 0.879. The Morgan fingerprint density at radius 1 is 1.25 bits per heavy atom. The third-order valence-electron chi connectivity index (χ3n) is 3.34. The lowest BCUT2D eigenvalue weighted by Crippen LogP contribution is -2.55. The molecule has 2 nitrogen and oxygen atoms in total. The number of hydrogen-bond donors (Lipinski definition) is 0. The Labute approximate surface area is 75.5 Å². The van der Waals surface area contributed by atoms with Gasteiger partial charge in [-0.15, -0.1) is 0 Å². The molecule has 0 bridgehead atoms. The van der Waals surface area contributed by atoms with Gasteiger partial charge in [-0.25, -0.2) is 0 Å².